The number of hydrogen-bond acceptors (Lipinski definition) is 5. The topological polar surface area (TPSA) is 69.7 Å². The molecule has 0 heterocycles. The summed E-state index contributed by atoms with van der Waals surface area (Å²) >= 11 is 0. The molecule has 0 amide bonds. The SMILES string of the molecule is C=C(C)c1cccc(C(=O)c2ccc(Oc3ccc(C(=O)c4ccc(C(=O)c5ccc(Oc6ccc(C)cc6)cc5)cc4)cc3)cc2)c1. The van der Waals surface area contributed by atoms with Crippen LogP contribution in [0.2, 0.25) is 0 Å². The van der Waals surface area contributed by atoms with Crippen LogP contribution in [0.1, 0.15) is 65.8 Å². The first-order valence-electron chi connectivity index (χ1n) is 15.5. The molecule has 0 aliphatic heterocycles. The summed E-state index contributed by atoms with van der Waals surface area (Å²) in [6.07, 6.45) is 0. The summed E-state index contributed by atoms with van der Waals surface area (Å²) in [5.41, 5.74) is 6.09. The highest BCUT2D eigenvalue weighted by Crippen LogP contribution is 2.26. The molecule has 0 fully saturated rings. The molecule has 0 N–H and O–H groups in total. The third-order valence-electron chi connectivity index (χ3n) is 7.87. The Hall–Kier alpha value is -6.33. The van der Waals surface area contributed by atoms with Crippen molar-refractivity contribution in [3.63, 3.8) is 0 Å². The highest BCUT2D eigenvalue weighted by molar-refractivity contribution is 6.12. The van der Waals surface area contributed by atoms with Crippen molar-refractivity contribution in [3.05, 3.63) is 197 Å². The third-order valence-corrected chi connectivity index (χ3v) is 7.87. The lowest BCUT2D eigenvalue weighted by Gasteiger charge is -2.09. The summed E-state index contributed by atoms with van der Waals surface area (Å²) in [6.45, 7) is 7.87. The molecule has 234 valence electrons. The van der Waals surface area contributed by atoms with Gasteiger partial charge in [0.1, 0.15) is 23.0 Å². The number of allylic oxidation sites excluding steroid dienone is 1. The summed E-state index contributed by atoms with van der Waals surface area (Å²) in [4.78, 5) is 39.2. The summed E-state index contributed by atoms with van der Waals surface area (Å²) in [7, 11) is 0. The first kappa shape index (κ1) is 31.6. The number of aryl methyl sites for hydroxylation is 1. The van der Waals surface area contributed by atoms with Gasteiger partial charge in [-0.1, -0.05) is 72.3 Å². The molecule has 6 aromatic carbocycles. The van der Waals surface area contributed by atoms with Gasteiger partial charge in [0.25, 0.3) is 0 Å². The zero-order valence-electron chi connectivity index (χ0n) is 26.6. The minimum absolute atomic E-state index is 0.0803. The predicted octanol–water partition coefficient (Wildman–Crippen LogP) is 10.3. The molecule has 6 aromatic rings. The molecule has 0 aromatic heterocycles. The summed E-state index contributed by atoms with van der Waals surface area (Å²) in [5, 5.41) is 0. The van der Waals surface area contributed by atoms with Crippen molar-refractivity contribution in [3.8, 4) is 23.0 Å². The normalized spacial score (nSPS) is 10.6. The van der Waals surface area contributed by atoms with E-state index in [1.165, 1.54) is 0 Å². The van der Waals surface area contributed by atoms with Gasteiger partial charge < -0.3 is 9.47 Å². The van der Waals surface area contributed by atoms with Crippen molar-refractivity contribution in [2.24, 2.45) is 0 Å². The van der Waals surface area contributed by atoms with Crippen LogP contribution in [-0.4, -0.2) is 17.3 Å². The Balaban J connectivity index is 1.05. The van der Waals surface area contributed by atoms with Gasteiger partial charge in [0.2, 0.25) is 0 Å². The summed E-state index contributed by atoms with van der Waals surface area (Å²) < 4.78 is 11.8. The number of ketones is 3. The Morgan fingerprint density at radius 3 is 1.06 bits per heavy atom. The predicted molar refractivity (Wildman–Crippen MR) is 189 cm³/mol. The van der Waals surface area contributed by atoms with E-state index >= 15 is 0 Å². The lowest BCUT2D eigenvalue weighted by molar-refractivity contribution is 0.102. The van der Waals surface area contributed by atoms with Gasteiger partial charge in [0, 0.05) is 33.4 Å². The second kappa shape index (κ2) is 14.0. The van der Waals surface area contributed by atoms with Crippen molar-refractivity contribution < 1.29 is 23.9 Å². The standard InChI is InChI=1S/C43H32O5/c1-28(2)35-5-4-6-36(27-35)43(46)34-17-25-40(26-18-34)48-39-23-15-33(16-24-39)42(45)31-11-9-30(10-12-31)41(44)32-13-21-38(22-14-32)47-37-19-7-29(3)8-20-37/h4-27H,1H2,2-3H3. The average Bonchev–Trinajstić information content (AvgIpc) is 3.13. The maximum absolute atomic E-state index is 13.2. The van der Waals surface area contributed by atoms with Gasteiger partial charge in [-0.15, -0.1) is 0 Å². The quantitative estimate of drug-likeness (QED) is 0.134. The van der Waals surface area contributed by atoms with E-state index in [0.29, 0.717) is 50.6 Å². The van der Waals surface area contributed by atoms with Gasteiger partial charge in [-0.3, -0.25) is 14.4 Å². The highest BCUT2D eigenvalue weighted by Gasteiger charge is 2.14. The second-order valence-electron chi connectivity index (χ2n) is 11.5. The molecule has 0 saturated carbocycles. The number of hydrogen-bond donors (Lipinski definition) is 0. The Morgan fingerprint density at radius 2 is 0.708 bits per heavy atom. The zero-order chi connectivity index (χ0) is 33.6. The van der Waals surface area contributed by atoms with Crippen LogP contribution >= 0.6 is 0 Å². The van der Waals surface area contributed by atoms with Gasteiger partial charge in [-0.25, -0.2) is 0 Å². The van der Waals surface area contributed by atoms with Crippen LogP contribution in [0.15, 0.2) is 152 Å². The Morgan fingerprint density at radius 1 is 0.417 bits per heavy atom. The monoisotopic (exact) mass is 628 g/mol. The van der Waals surface area contributed by atoms with Crippen molar-refractivity contribution >= 4 is 22.9 Å². The lowest BCUT2D eigenvalue weighted by atomic mass is 9.98. The fourth-order valence-corrected chi connectivity index (χ4v) is 5.10. The zero-order valence-corrected chi connectivity index (χ0v) is 26.6. The Labute approximate surface area is 279 Å². The average molecular weight is 629 g/mol. The van der Waals surface area contributed by atoms with E-state index in [9.17, 15) is 14.4 Å². The van der Waals surface area contributed by atoms with Gasteiger partial charge in [0.05, 0.1) is 0 Å². The maximum atomic E-state index is 13.2. The number of rotatable bonds is 11. The second-order valence-corrected chi connectivity index (χ2v) is 11.5. The van der Waals surface area contributed by atoms with Crippen LogP contribution in [0.3, 0.4) is 0 Å². The molecular weight excluding hydrogens is 596 g/mol. The van der Waals surface area contributed by atoms with Gasteiger partial charge in [-0.05, 0) is 110 Å². The molecule has 0 atom stereocenters. The van der Waals surface area contributed by atoms with Crippen molar-refractivity contribution in [2.45, 2.75) is 13.8 Å². The third kappa shape index (κ3) is 7.38. The number of carbonyl (C=O) groups excluding carboxylic acids is 3. The number of benzene rings is 6. The van der Waals surface area contributed by atoms with Crippen molar-refractivity contribution in [1.29, 1.82) is 0 Å². The smallest absolute Gasteiger partial charge is 0.193 e. The highest BCUT2D eigenvalue weighted by atomic mass is 16.5. The largest absolute Gasteiger partial charge is 0.457 e. The van der Waals surface area contributed by atoms with Crippen LogP contribution in [-0.2, 0) is 0 Å². The van der Waals surface area contributed by atoms with E-state index in [-0.39, 0.29) is 17.3 Å². The van der Waals surface area contributed by atoms with Crippen LogP contribution in [0, 0.1) is 6.92 Å². The van der Waals surface area contributed by atoms with Crippen molar-refractivity contribution in [1.82, 2.24) is 0 Å². The first-order valence-corrected chi connectivity index (χ1v) is 15.5. The van der Waals surface area contributed by atoms with Crippen LogP contribution in [0.4, 0.5) is 0 Å². The molecule has 0 aliphatic rings. The molecule has 6 rings (SSSR count). The number of carbonyl (C=O) groups is 3. The molecular formula is C43H32O5. The van der Waals surface area contributed by atoms with E-state index in [1.54, 1.807) is 103 Å². The number of ether oxygens (including phenoxy) is 2. The molecule has 0 radical (unpaired) electrons. The summed E-state index contributed by atoms with van der Waals surface area (Å²) in [6, 6.07) is 42.6. The molecule has 0 spiro atoms. The molecule has 5 nitrogen and oxygen atoms in total. The molecule has 0 aliphatic carbocycles. The van der Waals surface area contributed by atoms with Crippen LogP contribution < -0.4 is 9.47 Å². The lowest BCUT2D eigenvalue weighted by Crippen LogP contribution is -2.04. The molecule has 5 heteroatoms. The van der Waals surface area contributed by atoms with Crippen LogP contribution in [0.5, 0.6) is 23.0 Å². The van der Waals surface area contributed by atoms with Gasteiger partial charge >= 0.3 is 0 Å². The molecule has 0 unspecified atom stereocenters. The molecule has 0 bridgehead atoms. The fourth-order valence-electron chi connectivity index (χ4n) is 5.10. The van der Waals surface area contributed by atoms with Crippen LogP contribution in [0.25, 0.3) is 5.57 Å². The Bertz CT molecular complexity index is 2110. The molecule has 48 heavy (non-hydrogen) atoms. The minimum atomic E-state index is -0.170. The van der Waals surface area contributed by atoms with E-state index < -0.39 is 0 Å². The fraction of sp³-hybridized carbons (Fsp3) is 0.0465. The first-order chi connectivity index (χ1) is 23.2. The van der Waals surface area contributed by atoms with Gasteiger partial charge in [-0.2, -0.15) is 0 Å². The minimum Gasteiger partial charge on any atom is -0.457 e. The van der Waals surface area contributed by atoms with Gasteiger partial charge in [0.15, 0.2) is 17.3 Å². The summed E-state index contributed by atoms with van der Waals surface area (Å²) in [5.74, 6) is 2.08. The van der Waals surface area contributed by atoms with E-state index in [2.05, 4.69) is 6.58 Å². The Kier molecular flexibility index (Phi) is 9.21. The maximum Gasteiger partial charge on any atom is 0.193 e. The van der Waals surface area contributed by atoms with Crippen molar-refractivity contribution in [2.75, 3.05) is 0 Å². The van der Waals surface area contributed by atoms with E-state index in [1.807, 2.05) is 56.3 Å². The van der Waals surface area contributed by atoms with E-state index in [4.69, 9.17) is 9.47 Å². The molecule has 0 saturated heterocycles. The van der Waals surface area contributed by atoms with E-state index in [0.717, 1.165) is 22.4 Å².